The summed E-state index contributed by atoms with van der Waals surface area (Å²) in [6, 6.07) is 8.78. The van der Waals surface area contributed by atoms with Gasteiger partial charge in [-0.25, -0.2) is 14.1 Å². The summed E-state index contributed by atoms with van der Waals surface area (Å²) in [7, 11) is 0.662. The van der Waals surface area contributed by atoms with Crippen LogP contribution in [0.4, 0.5) is 10.5 Å². The number of amides is 2. The Hall–Kier alpha value is -2.22. The third kappa shape index (κ3) is 4.22. The van der Waals surface area contributed by atoms with E-state index >= 15 is 0 Å². The molecule has 0 aromatic heterocycles. The Bertz CT molecular complexity index is 1030. The van der Waals surface area contributed by atoms with Crippen LogP contribution < -0.4 is 10.5 Å². The van der Waals surface area contributed by atoms with E-state index in [0.717, 1.165) is 56.3 Å². The molecule has 4 rings (SSSR count). The van der Waals surface area contributed by atoms with Gasteiger partial charge < -0.3 is 10.2 Å². The molecule has 3 N–H and O–H groups in total. The Kier molecular flexibility index (Phi) is 5.46. The Morgan fingerprint density at radius 2 is 1.66 bits per heavy atom. The molecule has 0 heterocycles. The molecule has 2 aliphatic rings. The van der Waals surface area contributed by atoms with E-state index < -0.39 is 15.9 Å². The molecule has 0 fully saturated rings. The summed E-state index contributed by atoms with van der Waals surface area (Å²) in [4.78, 5) is 15.1. The van der Waals surface area contributed by atoms with Gasteiger partial charge in [0.2, 0.25) is 0 Å². The van der Waals surface area contributed by atoms with Crippen LogP contribution in [0, 0.1) is 0 Å². The van der Waals surface area contributed by atoms with Crippen LogP contribution >= 0.6 is 0 Å². The Balaban J connectivity index is 1.59. The molecule has 2 aliphatic carbocycles. The van der Waals surface area contributed by atoms with Gasteiger partial charge in [0.25, 0.3) is 0 Å². The number of carbonyl (C=O) groups excluding carboxylic acids is 1. The second kappa shape index (κ2) is 7.89. The molecule has 154 valence electrons. The number of urea groups is 1. The topological polar surface area (TPSA) is 87.8 Å². The standard InChI is InChI=1S/C22H28N4O2S/c1-26(2)14-15-9-11-18(12-10-15)29(23,28)25-22(27)24-21-19-7-3-5-16(19)13-17-6-4-8-20(17)21/h9-13H,3-8,14H2,1-2H3,(H3,23,24,25,27,28)/t29-/m0/s1. The van der Waals surface area contributed by atoms with Crippen molar-refractivity contribution in [2.75, 3.05) is 19.4 Å². The number of rotatable bonds is 4. The van der Waals surface area contributed by atoms with Gasteiger partial charge in [-0.05, 0) is 92.6 Å². The van der Waals surface area contributed by atoms with Crippen molar-refractivity contribution in [1.29, 1.82) is 0 Å². The van der Waals surface area contributed by atoms with Crippen molar-refractivity contribution in [3.8, 4) is 0 Å². The van der Waals surface area contributed by atoms with Gasteiger partial charge in [0, 0.05) is 12.2 Å². The number of nitrogens with one attached hydrogen (secondary N) is 1. The molecule has 2 aromatic rings. The second-order valence-electron chi connectivity index (χ2n) is 8.21. The summed E-state index contributed by atoms with van der Waals surface area (Å²) in [6.07, 6.45) is 6.23. The lowest BCUT2D eigenvalue weighted by atomic mass is 9.99. The third-order valence-corrected chi connectivity index (χ3v) is 7.07. The number of hydrogen-bond acceptors (Lipinski definition) is 3. The van der Waals surface area contributed by atoms with Crippen LogP contribution in [-0.4, -0.2) is 29.2 Å². The highest BCUT2D eigenvalue weighted by atomic mass is 32.2. The van der Waals surface area contributed by atoms with Gasteiger partial charge in [-0.2, -0.15) is 0 Å². The monoisotopic (exact) mass is 412 g/mol. The minimum absolute atomic E-state index is 0.360. The van der Waals surface area contributed by atoms with Crippen molar-refractivity contribution in [1.82, 2.24) is 4.90 Å². The number of nitrogens with two attached hydrogens (primary N) is 1. The SMILES string of the molecule is CN(C)Cc1ccc([S@@](N)(=O)=NC(=O)Nc2c3c(cc4c2CCC4)CCC3)cc1. The van der Waals surface area contributed by atoms with E-state index in [9.17, 15) is 9.00 Å². The van der Waals surface area contributed by atoms with Gasteiger partial charge in [0.05, 0.1) is 4.90 Å². The van der Waals surface area contributed by atoms with Gasteiger partial charge in [-0.1, -0.05) is 18.2 Å². The van der Waals surface area contributed by atoms with Crippen molar-refractivity contribution in [2.45, 2.75) is 50.0 Å². The summed E-state index contributed by atoms with van der Waals surface area (Å²) in [5.41, 5.74) is 7.04. The second-order valence-corrected chi connectivity index (χ2v) is 10.00. The van der Waals surface area contributed by atoms with Crippen molar-refractivity contribution in [2.24, 2.45) is 9.50 Å². The average molecular weight is 413 g/mol. The molecule has 1 atom stereocenters. The zero-order valence-corrected chi connectivity index (χ0v) is 17.8. The maximum atomic E-state index is 12.9. The Morgan fingerprint density at radius 3 is 2.21 bits per heavy atom. The Labute approximate surface area is 172 Å². The fourth-order valence-corrected chi connectivity index (χ4v) is 5.35. The lowest BCUT2D eigenvalue weighted by Gasteiger charge is -2.15. The molecule has 6 nitrogen and oxygen atoms in total. The minimum atomic E-state index is -3.30. The molecule has 29 heavy (non-hydrogen) atoms. The van der Waals surface area contributed by atoms with E-state index in [4.69, 9.17) is 5.14 Å². The smallest absolute Gasteiger partial charge is 0.305 e. The molecular formula is C22H28N4O2S. The summed E-state index contributed by atoms with van der Waals surface area (Å²) in [6.45, 7) is 0.772. The molecule has 2 aromatic carbocycles. The van der Waals surface area contributed by atoms with Gasteiger partial charge in [-0.15, -0.1) is 4.36 Å². The lowest BCUT2D eigenvalue weighted by molar-refractivity contribution is 0.260. The number of hydrogen-bond donors (Lipinski definition) is 2. The van der Waals surface area contributed by atoms with E-state index in [-0.39, 0.29) is 0 Å². The molecule has 0 aliphatic heterocycles. The first kappa shape index (κ1) is 20.1. The molecule has 0 unspecified atom stereocenters. The highest BCUT2D eigenvalue weighted by molar-refractivity contribution is 7.91. The van der Waals surface area contributed by atoms with Gasteiger partial charge >= 0.3 is 6.03 Å². The molecule has 0 bridgehead atoms. The summed E-state index contributed by atoms with van der Waals surface area (Å²) < 4.78 is 16.8. The number of nitrogens with zero attached hydrogens (tertiary/aromatic N) is 2. The number of fused-ring (bicyclic) bond motifs is 2. The van der Waals surface area contributed by atoms with Crippen molar-refractivity contribution in [3.05, 3.63) is 58.1 Å². The first-order valence-corrected chi connectivity index (χ1v) is 11.7. The summed E-state index contributed by atoms with van der Waals surface area (Å²) in [5.74, 6) is 0. The maximum absolute atomic E-state index is 12.9. The van der Waals surface area contributed by atoms with E-state index in [2.05, 4.69) is 15.7 Å². The molecule has 2 amide bonds. The zero-order valence-electron chi connectivity index (χ0n) is 17.0. The number of benzene rings is 2. The van der Waals surface area contributed by atoms with E-state index in [1.54, 1.807) is 12.1 Å². The van der Waals surface area contributed by atoms with Crippen LogP contribution in [0.15, 0.2) is 39.6 Å². The van der Waals surface area contributed by atoms with E-state index in [1.165, 1.54) is 22.3 Å². The molecule has 0 spiro atoms. The van der Waals surface area contributed by atoms with Gasteiger partial charge in [-0.3, -0.25) is 0 Å². The highest BCUT2D eigenvalue weighted by Gasteiger charge is 2.25. The molecular weight excluding hydrogens is 384 g/mol. The number of anilines is 1. The molecule has 7 heteroatoms. The predicted molar refractivity (Wildman–Crippen MR) is 116 cm³/mol. The average Bonchev–Trinajstić information content (AvgIpc) is 3.30. The van der Waals surface area contributed by atoms with Gasteiger partial charge in [0.1, 0.15) is 9.92 Å². The predicted octanol–water partition coefficient (Wildman–Crippen LogP) is 3.66. The molecule has 0 saturated carbocycles. The number of aryl methyl sites for hydroxylation is 2. The lowest BCUT2D eigenvalue weighted by Crippen LogP contribution is -2.19. The first-order chi connectivity index (χ1) is 13.8. The van der Waals surface area contributed by atoms with Crippen LogP contribution in [0.2, 0.25) is 0 Å². The fourth-order valence-electron chi connectivity index (χ4n) is 4.43. The quantitative estimate of drug-likeness (QED) is 0.803. The summed E-state index contributed by atoms with van der Waals surface area (Å²) in [5, 5.41) is 8.89. The third-order valence-electron chi connectivity index (χ3n) is 5.68. The maximum Gasteiger partial charge on any atom is 0.354 e. The largest absolute Gasteiger partial charge is 0.354 e. The number of carbonyl (C=O) groups is 1. The molecule has 0 saturated heterocycles. The van der Waals surface area contributed by atoms with Crippen molar-refractivity contribution >= 4 is 21.6 Å². The van der Waals surface area contributed by atoms with Crippen LogP contribution in [0.5, 0.6) is 0 Å². The van der Waals surface area contributed by atoms with Crippen molar-refractivity contribution < 1.29 is 9.00 Å². The van der Waals surface area contributed by atoms with Crippen LogP contribution in [0.3, 0.4) is 0 Å². The van der Waals surface area contributed by atoms with Crippen LogP contribution in [-0.2, 0) is 42.1 Å². The zero-order chi connectivity index (χ0) is 20.6. The van der Waals surface area contributed by atoms with Crippen LogP contribution in [0.1, 0.15) is 40.7 Å². The van der Waals surface area contributed by atoms with Crippen LogP contribution in [0.25, 0.3) is 0 Å². The van der Waals surface area contributed by atoms with Gasteiger partial charge in [0.15, 0.2) is 0 Å². The highest BCUT2D eigenvalue weighted by Crippen LogP contribution is 2.38. The van der Waals surface area contributed by atoms with E-state index in [1.807, 2.05) is 31.1 Å². The Morgan fingerprint density at radius 1 is 1.07 bits per heavy atom. The van der Waals surface area contributed by atoms with Crippen molar-refractivity contribution in [3.63, 3.8) is 0 Å². The summed E-state index contributed by atoms with van der Waals surface area (Å²) >= 11 is 0. The fraction of sp³-hybridized carbons (Fsp3) is 0.409. The van der Waals surface area contributed by atoms with E-state index in [0.29, 0.717) is 4.90 Å². The first-order valence-electron chi connectivity index (χ1n) is 10.1. The molecule has 0 radical (unpaired) electrons. The normalized spacial score (nSPS) is 17.0. The minimum Gasteiger partial charge on any atom is -0.305 e.